The predicted molar refractivity (Wildman–Crippen MR) is 56.0 cm³/mol. The van der Waals surface area contributed by atoms with Gasteiger partial charge in [-0.05, 0) is 5.56 Å². The van der Waals surface area contributed by atoms with Gasteiger partial charge in [-0.2, -0.15) is 0 Å². The van der Waals surface area contributed by atoms with E-state index in [1.807, 2.05) is 0 Å². The molecule has 14 heavy (non-hydrogen) atoms. The lowest BCUT2D eigenvalue weighted by atomic mass is 10.1. The van der Waals surface area contributed by atoms with Crippen LogP contribution in [0.3, 0.4) is 0 Å². The number of nitro benzene ring substituents is 1. The number of nitrogens with one attached hydrogen (secondary N) is 1. The number of rotatable bonds is 3. The van der Waals surface area contributed by atoms with Crippen LogP contribution >= 0.6 is 12.4 Å². The fourth-order valence-electron chi connectivity index (χ4n) is 0.955. The third kappa shape index (κ3) is 3.40. The molecule has 0 aliphatic heterocycles. The molecular weight excluding hydrogens is 206 g/mol. The van der Waals surface area contributed by atoms with E-state index in [0.717, 1.165) is 5.56 Å². The summed E-state index contributed by atoms with van der Waals surface area (Å²) in [4.78, 5) is 9.81. The second kappa shape index (κ2) is 5.18. The lowest BCUT2D eigenvalue weighted by molar-refractivity contribution is -0.384. The molecule has 3 N–H and O–H groups in total. The lowest BCUT2D eigenvalue weighted by Gasteiger charge is -1.97. The molecule has 0 saturated carbocycles. The average molecular weight is 216 g/mol. The van der Waals surface area contributed by atoms with Crippen molar-refractivity contribution >= 4 is 23.9 Å². The molecule has 0 aliphatic rings. The molecule has 0 atom stereocenters. The van der Waals surface area contributed by atoms with Gasteiger partial charge in [0, 0.05) is 18.6 Å². The summed E-state index contributed by atoms with van der Waals surface area (Å²) in [6.07, 6.45) is 0.331. The van der Waals surface area contributed by atoms with Crippen LogP contribution < -0.4 is 5.73 Å². The second-order valence-electron chi connectivity index (χ2n) is 2.63. The van der Waals surface area contributed by atoms with Gasteiger partial charge in [0.2, 0.25) is 0 Å². The van der Waals surface area contributed by atoms with Gasteiger partial charge in [0.1, 0.15) is 0 Å². The van der Waals surface area contributed by atoms with Gasteiger partial charge in [0.05, 0.1) is 10.8 Å². The Morgan fingerprint density at radius 1 is 1.43 bits per heavy atom. The van der Waals surface area contributed by atoms with Crippen LogP contribution in [0.2, 0.25) is 0 Å². The fraction of sp³-hybridized carbons (Fsp3) is 0.125. The molecule has 1 aromatic carbocycles. The monoisotopic (exact) mass is 215 g/mol. The Balaban J connectivity index is 0.00000169. The molecule has 0 amide bonds. The number of nitrogens with zero attached hydrogens (tertiary/aromatic N) is 1. The van der Waals surface area contributed by atoms with Crippen LogP contribution in [0.1, 0.15) is 5.56 Å². The standard InChI is InChI=1S/C8H9N3O2.ClH/c9-8(10)5-6-1-3-7(4-2-6)11(12)13;/h1-4H,5H2,(H3,9,10);1H. The molecule has 1 aromatic rings. The van der Waals surface area contributed by atoms with E-state index in [1.165, 1.54) is 12.1 Å². The molecular formula is C8H10ClN3O2. The zero-order valence-electron chi connectivity index (χ0n) is 7.27. The molecule has 6 heteroatoms. The first kappa shape index (κ1) is 12.4. The SMILES string of the molecule is Cl.N=C(N)Cc1ccc([N+](=O)[O-])cc1. The van der Waals surface area contributed by atoms with E-state index in [0.29, 0.717) is 6.42 Å². The van der Waals surface area contributed by atoms with E-state index in [4.69, 9.17) is 11.1 Å². The summed E-state index contributed by atoms with van der Waals surface area (Å²) in [5.74, 6) is 0.0499. The maximum atomic E-state index is 10.3. The number of benzene rings is 1. The highest BCUT2D eigenvalue weighted by Crippen LogP contribution is 2.11. The summed E-state index contributed by atoms with van der Waals surface area (Å²) in [5.41, 5.74) is 6.02. The van der Waals surface area contributed by atoms with Crippen molar-refractivity contribution in [3.8, 4) is 0 Å². The van der Waals surface area contributed by atoms with Crippen molar-refractivity contribution < 1.29 is 4.92 Å². The molecule has 0 fully saturated rings. The van der Waals surface area contributed by atoms with Crippen LogP contribution in [-0.2, 0) is 6.42 Å². The molecule has 0 unspecified atom stereocenters. The van der Waals surface area contributed by atoms with Gasteiger partial charge >= 0.3 is 0 Å². The van der Waals surface area contributed by atoms with Gasteiger partial charge in [-0.3, -0.25) is 15.5 Å². The van der Waals surface area contributed by atoms with Crippen LogP contribution in [0.25, 0.3) is 0 Å². The Labute approximate surface area is 87.0 Å². The maximum absolute atomic E-state index is 10.3. The quantitative estimate of drug-likeness (QED) is 0.346. The van der Waals surface area contributed by atoms with Gasteiger partial charge in [-0.15, -0.1) is 12.4 Å². The Bertz CT molecular complexity index is 337. The Morgan fingerprint density at radius 3 is 2.29 bits per heavy atom. The van der Waals surface area contributed by atoms with E-state index in [9.17, 15) is 10.1 Å². The topological polar surface area (TPSA) is 93.0 Å². The van der Waals surface area contributed by atoms with Gasteiger partial charge in [-0.25, -0.2) is 0 Å². The number of nitro groups is 1. The van der Waals surface area contributed by atoms with E-state index >= 15 is 0 Å². The van der Waals surface area contributed by atoms with E-state index < -0.39 is 4.92 Å². The molecule has 1 rings (SSSR count). The largest absolute Gasteiger partial charge is 0.387 e. The van der Waals surface area contributed by atoms with Crippen molar-refractivity contribution in [2.24, 2.45) is 5.73 Å². The van der Waals surface area contributed by atoms with Crippen molar-refractivity contribution in [2.45, 2.75) is 6.42 Å². The minimum absolute atomic E-state index is 0. The minimum Gasteiger partial charge on any atom is -0.387 e. The van der Waals surface area contributed by atoms with Gasteiger partial charge in [0.25, 0.3) is 5.69 Å². The first-order valence-corrected chi connectivity index (χ1v) is 3.66. The summed E-state index contributed by atoms with van der Waals surface area (Å²) < 4.78 is 0. The van der Waals surface area contributed by atoms with Crippen molar-refractivity contribution in [3.63, 3.8) is 0 Å². The number of hydrogen-bond acceptors (Lipinski definition) is 3. The molecule has 0 aliphatic carbocycles. The van der Waals surface area contributed by atoms with Crippen molar-refractivity contribution in [1.82, 2.24) is 0 Å². The van der Waals surface area contributed by atoms with Crippen LogP contribution in [-0.4, -0.2) is 10.8 Å². The molecule has 0 aromatic heterocycles. The second-order valence-corrected chi connectivity index (χ2v) is 2.63. The zero-order chi connectivity index (χ0) is 9.84. The number of hydrogen-bond donors (Lipinski definition) is 2. The van der Waals surface area contributed by atoms with Crippen molar-refractivity contribution in [3.05, 3.63) is 39.9 Å². The highest BCUT2D eigenvalue weighted by atomic mass is 35.5. The van der Waals surface area contributed by atoms with Crippen LogP contribution in [0.5, 0.6) is 0 Å². The first-order chi connectivity index (χ1) is 6.09. The summed E-state index contributed by atoms with van der Waals surface area (Å²) in [7, 11) is 0. The Morgan fingerprint density at radius 2 is 1.93 bits per heavy atom. The summed E-state index contributed by atoms with van der Waals surface area (Å²) >= 11 is 0. The van der Waals surface area contributed by atoms with Gasteiger partial charge in [-0.1, -0.05) is 12.1 Å². The number of amidine groups is 1. The van der Waals surface area contributed by atoms with E-state index in [2.05, 4.69) is 0 Å². The molecule has 5 nitrogen and oxygen atoms in total. The van der Waals surface area contributed by atoms with Crippen LogP contribution in [0, 0.1) is 15.5 Å². The number of nitrogens with two attached hydrogens (primary N) is 1. The summed E-state index contributed by atoms with van der Waals surface area (Å²) in [5, 5.41) is 17.3. The third-order valence-electron chi connectivity index (χ3n) is 1.54. The molecule has 0 spiro atoms. The molecule has 0 saturated heterocycles. The maximum Gasteiger partial charge on any atom is 0.269 e. The average Bonchev–Trinajstić information content (AvgIpc) is 2.04. The Hall–Kier alpha value is -1.62. The first-order valence-electron chi connectivity index (χ1n) is 3.66. The molecule has 0 heterocycles. The van der Waals surface area contributed by atoms with E-state index in [-0.39, 0.29) is 23.9 Å². The molecule has 76 valence electrons. The van der Waals surface area contributed by atoms with Crippen molar-refractivity contribution in [2.75, 3.05) is 0 Å². The zero-order valence-corrected chi connectivity index (χ0v) is 8.08. The molecule has 0 radical (unpaired) electrons. The third-order valence-corrected chi connectivity index (χ3v) is 1.54. The predicted octanol–water partition coefficient (Wildman–Crippen LogP) is 1.50. The number of non-ortho nitro benzene ring substituents is 1. The number of halogens is 1. The molecule has 0 bridgehead atoms. The minimum atomic E-state index is -0.461. The lowest BCUT2D eigenvalue weighted by Crippen LogP contribution is -2.12. The highest BCUT2D eigenvalue weighted by Gasteiger charge is 2.03. The summed E-state index contributed by atoms with van der Waals surface area (Å²) in [6.45, 7) is 0. The highest BCUT2D eigenvalue weighted by molar-refractivity contribution is 5.85. The smallest absolute Gasteiger partial charge is 0.269 e. The van der Waals surface area contributed by atoms with Gasteiger partial charge < -0.3 is 5.73 Å². The van der Waals surface area contributed by atoms with E-state index in [1.54, 1.807) is 12.1 Å². The van der Waals surface area contributed by atoms with Crippen molar-refractivity contribution in [1.29, 1.82) is 5.41 Å². The fourth-order valence-corrected chi connectivity index (χ4v) is 0.955. The summed E-state index contributed by atoms with van der Waals surface area (Å²) in [6, 6.07) is 6.00. The van der Waals surface area contributed by atoms with Crippen LogP contribution in [0.4, 0.5) is 5.69 Å². The van der Waals surface area contributed by atoms with Crippen LogP contribution in [0.15, 0.2) is 24.3 Å². The Kier molecular flexibility index (Phi) is 4.58. The normalized spacial score (nSPS) is 8.86. The van der Waals surface area contributed by atoms with Gasteiger partial charge in [0.15, 0.2) is 0 Å².